The van der Waals surface area contributed by atoms with Crippen LogP contribution >= 0.6 is 0 Å². The number of H-pyrrole nitrogens is 1. The number of nitrogens with zero attached hydrogens (tertiary/aromatic N) is 3. The van der Waals surface area contributed by atoms with E-state index in [1.54, 1.807) is 23.1 Å². The molecule has 1 aromatic carbocycles. The molecule has 0 aliphatic heterocycles. The van der Waals surface area contributed by atoms with Crippen molar-refractivity contribution in [1.82, 2.24) is 20.0 Å². The van der Waals surface area contributed by atoms with Gasteiger partial charge in [-0.1, -0.05) is 12.1 Å². The van der Waals surface area contributed by atoms with Gasteiger partial charge in [0.05, 0.1) is 11.4 Å². The average molecular weight is 252 g/mol. The minimum atomic E-state index is -0.131. The summed E-state index contributed by atoms with van der Waals surface area (Å²) in [6.07, 6.45) is 3.26. The molecule has 3 aromatic rings. The van der Waals surface area contributed by atoms with Crippen LogP contribution in [0.4, 0.5) is 0 Å². The Morgan fingerprint density at radius 2 is 2.11 bits per heavy atom. The van der Waals surface area contributed by atoms with E-state index in [0.29, 0.717) is 11.4 Å². The number of aromatic amines is 1. The molecule has 0 aliphatic carbocycles. The molecular formula is C14H12N4O. The Hall–Kier alpha value is -2.69. The van der Waals surface area contributed by atoms with E-state index < -0.39 is 0 Å². The predicted molar refractivity (Wildman–Crippen MR) is 72.2 cm³/mol. The van der Waals surface area contributed by atoms with Gasteiger partial charge in [-0.3, -0.25) is 9.89 Å². The first-order valence-corrected chi connectivity index (χ1v) is 5.91. The van der Waals surface area contributed by atoms with Gasteiger partial charge in [0.1, 0.15) is 0 Å². The van der Waals surface area contributed by atoms with Gasteiger partial charge in [0.15, 0.2) is 5.69 Å². The summed E-state index contributed by atoms with van der Waals surface area (Å²) < 4.78 is 1.69. The van der Waals surface area contributed by atoms with Gasteiger partial charge in [0.25, 0.3) is 0 Å². The largest absolute Gasteiger partial charge is 0.287 e. The summed E-state index contributed by atoms with van der Waals surface area (Å²) in [4.78, 5) is 11.8. The van der Waals surface area contributed by atoms with Crippen LogP contribution in [0.15, 0.2) is 53.6 Å². The molecule has 0 aliphatic rings. The van der Waals surface area contributed by atoms with E-state index in [1.807, 2.05) is 31.2 Å². The summed E-state index contributed by atoms with van der Waals surface area (Å²) >= 11 is 0. The highest BCUT2D eigenvalue weighted by atomic mass is 16.1. The van der Waals surface area contributed by atoms with Gasteiger partial charge in [-0.05, 0) is 30.7 Å². The maximum absolute atomic E-state index is 11.8. The Balaban J connectivity index is 2.15. The van der Waals surface area contributed by atoms with Gasteiger partial charge < -0.3 is 0 Å². The fourth-order valence-electron chi connectivity index (χ4n) is 1.90. The molecule has 0 amide bonds. The van der Waals surface area contributed by atoms with Crippen LogP contribution in [0.5, 0.6) is 0 Å². The molecule has 0 saturated heterocycles. The number of aromatic nitrogens is 4. The lowest BCUT2D eigenvalue weighted by Gasteiger charge is -2.07. The summed E-state index contributed by atoms with van der Waals surface area (Å²) in [5, 5.41) is 11.0. The second kappa shape index (κ2) is 4.53. The minimum absolute atomic E-state index is 0.131. The molecule has 0 fully saturated rings. The van der Waals surface area contributed by atoms with Crippen molar-refractivity contribution >= 4 is 0 Å². The van der Waals surface area contributed by atoms with Crippen molar-refractivity contribution in [3.63, 3.8) is 0 Å². The van der Waals surface area contributed by atoms with E-state index in [2.05, 4.69) is 15.3 Å². The Kier molecular flexibility index (Phi) is 2.72. The molecule has 2 heterocycles. The second-order valence-electron chi connectivity index (χ2n) is 4.28. The maximum atomic E-state index is 11.8. The maximum Gasteiger partial charge on any atom is 0.209 e. The van der Waals surface area contributed by atoms with Crippen molar-refractivity contribution < 1.29 is 0 Å². The average Bonchev–Trinajstić information content (AvgIpc) is 2.93. The van der Waals surface area contributed by atoms with Crippen LogP contribution < -0.4 is 5.43 Å². The lowest BCUT2D eigenvalue weighted by Crippen LogP contribution is -2.12. The highest BCUT2D eigenvalue weighted by Crippen LogP contribution is 2.11. The number of aryl methyl sites for hydroxylation is 1. The summed E-state index contributed by atoms with van der Waals surface area (Å²) in [5.74, 6) is 0. The Bertz CT molecular complexity index is 759. The molecule has 5 nitrogen and oxygen atoms in total. The number of hydrogen-bond donors (Lipinski definition) is 1. The molecular weight excluding hydrogens is 240 g/mol. The van der Waals surface area contributed by atoms with Gasteiger partial charge in [0.2, 0.25) is 5.43 Å². The fourth-order valence-corrected chi connectivity index (χ4v) is 1.90. The summed E-state index contributed by atoms with van der Waals surface area (Å²) in [6, 6.07) is 11.2. The predicted octanol–water partition coefficient (Wildman–Crippen LogP) is 1.93. The minimum Gasteiger partial charge on any atom is -0.287 e. The first-order chi connectivity index (χ1) is 9.24. The van der Waals surface area contributed by atoms with E-state index in [4.69, 9.17) is 0 Å². The number of hydrogen-bond acceptors (Lipinski definition) is 3. The molecule has 0 saturated carbocycles. The quantitative estimate of drug-likeness (QED) is 0.758. The molecule has 0 atom stereocenters. The Labute approximate surface area is 109 Å². The monoisotopic (exact) mass is 252 g/mol. The molecule has 94 valence electrons. The lowest BCUT2D eigenvalue weighted by molar-refractivity contribution is 0.838. The first kappa shape index (κ1) is 11.4. The smallest absolute Gasteiger partial charge is 0.209 e. The molecule has 0 spiro atoms. The van der Waals surface area contributed by atoms with Gasteiger partial charge >= 0.3 is 0 Å². The zero-order valence-corrected chi connectivity index (χ0v) is 10.4. The molecule has 1 N–H and O–H groups in total. The van der Waals surface area contributed by atoms with Crippen molar-refractivity contribution in [2.75, 3.05) is 0 Å². The molecule has 5 heteroatoms. The molecule has 19 heavy (non-hydrogen) atoms. The second-order valence-corrected chi connectivity index (χ2v) is 4.28. The van der Waals surface area contributed by atoms with E-state index in [-0.39, 0.29) is 5.43 Å². The Morgan fingerprint density at radius 3 is 2.84 bits per heavy atom. The van der Waals surface area contributed by atoms with Gasteiger partial charge in [-0.2, -0.15) is 10.2 Å². The topological polar surface area (TPSA) is 63.6 Å². The van der Waals surface area contributed by atoms with Crippen LogP contribution in [-0.4, -0.2) is 20.0 Å². The van der Waals surface area contributed by atoms with E-state index in [1.165, 1.54) is 6.07 Å². The van der Waals surface area contributed by atoms with Crippen LogP contribution in [0.25, 0.3) is 17.1 Å². The van der Waals surface area contributed by atoms with Crippen LogP contribution in [0.3, 0.4) is 0 Å². The third kappa shape index (κ3) is 2.18. The van der Waals surface area contributed by atoms with Crippen molar-refractivity contribution in [3.05, 3.63) is 64.6 Å². The van der Waals surface area contributed by atoms with Crippen molar-refractivity contribution in [2.24, 2.45) is 0 Å². The van der Waals surface area contributed by atoms with Gasteiger partial charge in [-0.15, -0.1) is 0 Å². The highest BCUT2D eigenvalue weighted by Gasteiger charge is 2.07. The molecule has 3 rings (SSSR count). The van der Waals surface area contributed by atoms with Crippen LogP contribution in [0.1, 0.15) is 5.56 Å². The van der Waals surface area contributed by atoms with Crippen molar-refractivity contribution in [2.45, 2.75) is 6.92 Å². The normalized spacial score (nSPS) is 10.6. The zero-order chi connectivity index (χ0) is 13.2. The SMILES string of the molecule is Cc1cccc(-n2ccc(=O)c(-c3ccn[nH]3)n2)c1. The van der Waals surface area contributed by atoms with Crippen LogP contribution in [0, 0.1) is 6.92 Å². The number of rotatable bonds is 2. The van der Waals surface area contributed by atoms with Crippen LogP contribution in [-0.2, 0) is 0 Å². The first-order valence-electron chi connectivity index (χ1n) is 5.91. The Morgan fingerprint density at radius 1 is 1.21 bits per heavy atom. The zero-order valence-electron chi connectivity index (χ0n) is 10.4. The third-order valence-corrected chi connectivity index (χ3v) is 2.83. The molecule has 0 bridgehead atoms. The standard InChI is InChI=1S/C14H12N4O/c1-10-3-2-4-11(9-10)18-8-6-13(19)14(17-18)12-5-7-15-16-12/h2-9H,1H3,(H,15,16). The van der Waals surface area contributed by atoms with Gasteiger partial charge in [0, 0.05) is 18.5 Å². The number of benzene rings is 1. The molecule has 2 aromatic heterocycles. The van der Waals surface area contributed by atoms with Gasteiger partial charge in [-0.25, -0.2) is 4.68 Å². The summed E-state index contributed by atoms with van der Waals surface area (Å²) in [7, 11) is 0. The molecule has 0 radical (unpaired) electrons. The van der Waals surface area contributed by atoms with E-state index in [0.717, 1.165) is 11.3 Å². The van der Waals surface area contributed by atoms with Crippen molar-refractivity contribution in [3.8, 4) is 17.1 Å². The molecule has 0 unspecified atom stereocenters. The number of nitrogens with one attached hydrogen (secondary N) is 1. The van der Waals surface area contributed by atoms with E-state index in [9.17, 15) is 4.79 Å². The van der Waals surface area contributed by atoms with Crippen molar-refractivity contribution in [1.29, 1.82) is 0 Å². The third-order valence-electron chi connectivity index (χ3n) is 2.83. The van der Waals surface area contributed by atoms with E-state index >= 15 is 0 Å². The summed E-state index contributed by atoms with van der Waals surface area (Å²) in [6.45, 7) is 2.02. The fraction of sp³-hybridized carbons (Fsp3) is 0.0714. The lowest BCUT2D eigenvalue weighted by atomic mass is 10.2. The highest BCUT2D eigenvalue weighted by molar-refractivity contribution is 5.52. The summed E-state index contributed by atoms with van der Waals surface area (Å²) in [5.41, 5.74) is 2.91. The van der Waals surface area contributed by atoms with Crippen LogP contribution in [0.2, 0.25) is 0 Å².